The second-order valence-electron chi connectivity index (χ2n) is 3.86. The summed E-state index contributed by atoms with van der Waals surface area (Å²) in [5, 5.41) is 14.2. The Morgan fingerprint density at radius 2 is 1.95 bits per heavy atom. The molecular weight excluding hydrogens is 353 g/mol. The molecule has 2 N–H and O–H groups in total. The summed E-state index contributed by atoms with van der Waals surface area (Å²) in [6, 6.07) is 7.92. The van der Waals surface area contributed by atoms with Crippen LogP contribution in [0.2, 0.25) is 0 Å². The number of aliphatic imine (C=N–C) groups is 1. The first-order valence-electron chi connectivity index (χ1n) is 5.95. The third-order valence-corrected chi connectivity index (χ3v) is 2.59. The van der Waals surface area contributed by atoms with Gasteiger partial charge in [0.05, 0.1) is 12.8 Å². The van der Waals surface area contributed by atoms with E-state index in [2.05, 4.69) is 4.99 Å². The molecule has 0 radical (unpaired) electrons. The minimum Gasteiger partial charge on any atom is -0.497 e. The van der Waals surface area contributed by atoms with E-state index < -0.39 is 0 Å². The summed E-state index contributed by atoms with van der Waals surface area (Å²) in [6.45, 7) is 0.676. The van der Waals surface area contributed by atoms with Crippen LogP contribution in [0.4, 0.5) is 0 Å². The molecule has 0 bridgehead atoms. The molecule has 0 amide bonds. The third kappa shape index (κ3) is 7.05. The Morgan fingerprint density at radius 3 is 2.47 bits per heavy atom. The van der Waals surface area contributed by atoms with Crippen molar-refractivity contribution in [2.24, 2.45) is 4.99 Å². The summed E-state index contributed by atoms with van der Waals surface area (Å²) < 4.78 is 5.09. The first-order valence-corrected chi connectivity index (χ1v) is 5.95. The van der Waals surface area contributed by atoms with E-state index in [4.69, 9.17) is 15.6 Å². The lowest BCUT2D eigenvalue weighted by Crippen LogP contribution is -2.02. The van der Waals surface area contributed by atoms with E-state index in [0.29, 0.717) is 19.4 Å². The molecule has 0 spiro atoms. The van der Waals surface area contributed by atoms with Crippen LogP contribution in [-0.2, 0) is 6.42 Å². The van der Waals surface area contributed by atoms with Gasteiger partial charge in [-0.3, -0.25) is 4.99 Å². The number of hydrogen-bond acceptors (Lipinski definition) is 4. The molecule has 0 saturated carbocycles. The van der Waals surface area contributed by atoms with Gasteiger partial charge in [0, 0.05) is 12.8 Å². The average molecular weight is 373 g/mol. The highest BCUT2D eigenvalue weighted by atomic mass is 127. The zero-order valence-corrected chi connectivity index (χ0v) is 13.4. The predicted molar refractivity (Wildman–Crippen MR) is 91.2 cm³/mol. The van der Waals surface area contributed by atoms with Crippen molar-refractivity contribution in [3.63, 3.8) is 0 Å². The van der Waals surface area contributed by atoms with Gasteiger partial charge in [-0.1, -0.05) is 12.1 Å². The van der Waals surface area contributed by atoms with Crippen LogP contribution in [0.25, 0.3) is 0 Å². The Hall–Kier alpha value is -1.24. The Morgan fingerprint density at radius 1 is 1.26 bits per heavy atom. The molecule has 0 unspecified atom stereocenters. The Kier molecular flexibility index (Phi) is 9.97. The first kappa shape index (κ1) is 17.8. The van der Waals surface area contributed by atoms with Gasteiger partial charge in [-0.2, -0.15) is 0 Å². The van der Waals surface area contributed by atoms with E-state index in [1.165, 1.54) is 18.0 Å². The minimum atomic E-state index is 0. The molecule has 0 atom stereocenters. The van der Waals surface area contributed by atoms with Crippen LogP contribution in [0.3, 0.4) is 0 Å². The van der Waals surface area contributed by atoms with E-state index in [-0.39, 0.29) is 24.0 Å². The molecule has 0 aliphatic carbocycles. The molecule has 0 saturated heterocycles. The summed E-state index contributed by atoms with van der Waals surface area (Å²) in [6.07, 6.45) is 4.80. The van der Waals surface area contributed by atoms with Crippen LogP contribution in [0.5, 0.6) is 5.75 Å². The number of halogens is 1. The summed E-state index contributed by atoms with van der Waals surface area (Å²) in [5.41, 5.74) is 1.96. The number of methoxy groups -OCH3 is 1. The molecule has 5 heteroatoms. The van der Waals surface area contributed by atoms with Gasteiger partial charge >= 0.3 is 0 Å². The van der Waals surface area contributed by atoms with E-state index in [0.717, 1.165) is 17.9 Å². The minimum absolute atomic E-state index is 0. The van der Waals surface area contributed by atoms with Crippen molar-refractivity contribution in [3.8, 4) is 5.75 Å². The summed E-state index contributed by atoms with van der Waals surface area (Å²) in [4.78, 5) is 4.36. The maximum Gasteiger partial charge on any atom is 0.118 e. The standard InChI is InChI=1S/C14H19N3O.HI/c1-18-14-6-4-12(5-7-14)8-10-17-13(11-16)3-2-9-15;/h4-7,9,11,15-16H,2-3,8,10H2,1H3;1H. The van der Waals surface area contributed by atoms with Crippen LogP contribution >= 0.6 is 24.0 Å². The van der Waals surface area contributed by atoms with Gasteiger partial charge in [0.2, 0.25) is 0 Å². The van der Waals surface area contributed by atoms with Crippen LogP contribution in [0.1, 0.15) is 18.4 Å². The molecule has 0 aromatic heterocycles. The summed E-state index contributed by atoms with van der Waals surface area (Å²) >= 11 is 0. The maximum atomic E-state index is 7.23. The van der Waals surface area contributed by atoms with Crippen LogP contribution in [0, 0.1) is 10.8 Å². The number of hydrogen-bond donors (Lipinski definition) is 2. The second-order valence-corrected chi connectivity index (χ2v) is 3.86. The number of rotatable bonds is 8. The van der Waals surface area contributed by atoms with Crippen LogP contribution in [0.15, 0.2) is 29.3 Å². The molecule has 0 heterocycles. The largest absolute Gasteiger partial charge is 0.497 e. The quantitative estimate of drug-likeness (QED) is 0.532. The summed E-state index contributed by atoms with van der Waals surface area (Å²) in [5.74, 6) is 0.855. The second kappa shape index (κ2) is 10.7. The molecular formula is C14H20IN3O. The van der Waals surface area contributed by atoms with Crippen molar-refractivity contribution in [1.82, 2.24) is 0 Å². The lowest BCUT2D eigenvalue weighted by molar-refractivity contribution is 0.414. The fraction of sp³-hybridized carbons (Fsp3) is 0.357. The van der Waals surface area contributed by atoms with Crippen molar-refractivity contribution in [3.05, 3.63) is 29.8 Å². The molecule has 1 rings (SSSR count). The Labute approximate surface area is 131 Å². The van der Waals surface area contributed by atoms with E-state index >= 15 is 0 Å². The van der Waals surface area contributed by atoms with E-state index in [1.807, 2.05) is 24.3 Å². The van der Waals surface area contributed by atoms with Gasteiger partial charge in [-0.15, -0.1) is 24.0 Å². The molecule has 104 valence electrons. The van der Waals surface area contributed by atoms with Gasteiger partial charge in [-0.05, 0) is 43.2 Å². The molecule has 0 aliphatic heterocycles. The van der Waals surface area contributed by atoms with E-state index in [1.54, 1.807) is 7.11 Å². The van der Waals surface area contributed by atoms with E-state index in [9.17, 15) is 0 Å². The summed E-state index contributed by atoms with van der Waals surface area (Å²) in [7, 11) is 1.65. The number of nitrogens with one attached hydrogen (secondary N) is 2. The molecule has 1 aromatic carbocycles. The molecule has 19 heavy (non-hydrogen) atoms. The molecule has 4 nitrogen and oxygen atoms in total. The fourth-order valence-electron chi connectivity index (χ4n) is 1.54. The Balaban J connectivity index is 0.00000324. The van der Waals surface area contributed by atoms with Gasteiger partial charge < -0.3 is 15.6 Å². The van der Waals surface area contributed by atoms with Crippen molar-refractivity contribution in [2.75, 3.05) is 13.7 Å². The maximum absolute atomic E-state index is 7.23. The fourth-order valence-corrected chi connectivity index (χ4v) is 1.54. The molecule has 1 aromatic rings. The number of nitrogens with zero attached hydrogens (tertiary/aromatic N) is 1. The van der Waals surface area contributed by atoms with Crippen LogP contribution in [-0.4, -0.2) is 31.8 Å². The molecule has 0 aliphatic rings. The van der Waals surface area contributed by atoms with Crippen molar-refractivity contribution in [1.29, 1.82) is 10.8 Å². The average Bonchev–Trinajstić information content (AvgIpc) is 2.43. The van der Waals surface area contributed by atoms with Gasteiger partial charge in [0.1, 0.15) is 5.75 Å². The lowest BCUT2D eigenvalue weighted by Gasteiger charge is -2.02. The first-order chi connectivity index (χ1) is 8.80. The van der Waals surface area contributed by atoms with Crippen molar-refractivity contribution >= 4 is 42.1 Å². The van der Waals surface area contributed by atoms with Crippen molar-refractivity contribution < 1.29 is 4.74 Å². The van der Waals surface area contributed by atoms with Crippen LogP contribution < -0.4 is 4.74 Å². The highest BCUT2D eigenvalue weighted by molar-refractivity contribution is 14.0. The van der Waals surface area contributed by atoms with Crippen molar-refractivity contribution in [2.45, 2.75) is 19.3 Å². The smallest absolute Gasteiger partial charge is 0.118 e. The highest BCUT2D eigenvalue weighted by Gasteiger charge is 1.96. The normalized spacial score (nSPS) is 10.5. The zero-order chi connectivity index (χ0) is 13.2. The van der Waals surface area contributed by atoms with Gasteiger partial charge in [-0.25, -0.2) is 0 Å². The lowest BCUT2D eigenvalue weighted by atomic mass is 10.1. The molecule has 0 fully saturated rings. The van der Waals surface area contributed by atoms with Gasteiger partial charge in [0.25, 0.3) is 0 Å². The highest BCUT2D eigenvalue weighted by Crippen LogP contribution is 2.11. The predicted octanol–water partition coefficient (Wildman–Crippen LogP) is 3.38. The topological polar surface area (TPSA) is 69.3 Å². The zero-order valence-electron chi connectivity index (χ0n) is 11.1. The Bertz CT molecular complexity index is 415. The SMILES string of the molecule is COc1ccc(CCN=C(C=N)CCC=N)cc1.I. The third-order valence-electron chi connectivity index (χ3n) is 2.59. The van der Waals surface area contributed by atoms with Gasteiger partial charge in [0.15, 0.2) is 0 Å². The number of ether oxygens (including phenoxy) is 1. The monoisotopic (exact) mass is 373 g/mol. The number of benzene rings is 1.